The van der Waals surface area contributed by atoms with Crippen LogP contribution in [0.4, 0.5) is 0 Å². The smallest absolute Gasteiger partial charge is 0.251 e. The quantitative estimate of drug-likeness (QED) is 0.663. The standard InChI is InChI=1S/C8H17NO2/c1-5-8(6-2,11-4)7(10)9-3/h5-6H2,1-4H3,(H,9,10). The van der Waals surface area contributed by atoms with E-state index in [1.54, 1.807) is 14.2 Å². The number of rotatable bonds is 4. The minimum Gasteiger partial charge on any atom is -0.368 e. The van der Waals surface area contributed by atoms with Gasteiger partial charge in [-0.15, -0.1) is 0 Å². The van der Waals surface area contributed by atoms with Crippen molar-refractivity contribution in [3.05, 3.63) is 0 Å². The highest BCUT2D eigenvalue weighted by Crippen LogP contribution is 2.18. The number of hydrogen-bond acceptors (Lipinski definition) is 2. The molecule has 0 aliphatic carbocycles. The Labute approximate surface area is 68.1 Å². The van der Waals surface area contributed by atoms with Crippen molar-refractivity contribution in [3.8, 4) is 0 Å². The molecule has 0 aliphatic rings. The van der Waals surface area contributed by atoms with E-state index in [2.05, 4.69) is 5.32 Å². The lowest BCUT2D eigenvalue weighted by molar-refractivity contribution is -0.143. The fourth-order valence-electron chi connectivity index (χ4n) is 1.18. The summed E-state index contributed by atoms with van der Waals surface area (Å²) in [6.45, 7) is 3.89. The molecule has 0 atom stereocenters. The van der Waals surface area contributed by atoms with Crippen molar-refractivity contribution in [2.75, 3.05) is 14.2 Å². The molecule has 0 heterocycles. The summed E-state index contributed by atoms with van der Waals surface area (Å²) in [5.74, 6) is -0.0370. The zero-order valence-electron chi connectivity index (χ0n) is 7.73. The molecular formula is C8H17NO2. The zero-order chi connectivity index (χ0) is 8.91. The first-order chi connectivity index (χ1) is 5.16. The van der Waals surface area contributed by atoms with Gasteiger partial charge >= 0.3 is 0 Å². The molecule has 0 bridgehead atoms. The van der Waals surface area contributed by atoms with Gasteiger partial charge in [0.05, 0.1) is 0 Å². The topological polar surface area (TPSA) is 38.3 Å². The van der Waals surface area contributed by atoms with E-state index in [1.807, 2.05) is 13.8 Å². The van der Waals surface area contributed by atoms with Crippen LogP contribution in [0.5, 0.6) is 0 Å². The maximum Gasteiger partial charge on any atom is 0.251 e. The molecule has 3 nitrogen and oxygen atoms in total. The summed E-state index contributed by atoms with van der Waals surface area (Å²) in [6, 6.07) is 0. The Hall–Kier alpha value is -0.570. The van der Waals surface area contributed by atoms with E-state index in [4.69, 9.17) is 4.74 Å². The summed E-state index contributed by atoms with van der Waals surface area (Å²) in [4.78, 5) is 11.3. The first-order valence-electron chi connectivity index (χ1n) is 3.94. The molecule has 0 aromatic heterocycles. The number of nitrogens with one attached hydrogen (secondary N) is 1. The minimum absolute atomic E-state index is 0.0370. The fraction of sp³-hybridized carbons (Fsp3) is 0.875. The van der Waals surface area contributed by atoms with Crippen LogP contribution in [-0.4, -0.2) is 25.7 Å². The van der Waals surface area contributed by atoms with Crippen molar-refractivity contribution in [3.63, 3.8) is 0 Å². The molecule has 0 spiro atoms. The van der Waals surface area contributed by atoms with Crippen LogP contribution in [0, 0.1) is 0 Å². The lowest BCUT2D eigenvalue weighted by atomic mass is 9.96. The summed E-state index contributed by atoms with van der Waals surface area (Å²) < 4.78 is 5.18. The van der Waals surface area contributed by atoms with E-state index < -0.39 is 5.60 Å². The van der Waals surface area contributed by atoms with Crippen LogP contribution in [0.15, 0.2) is 0 Å². The number of carbonyl (C=O) groups excluding carboxylic acids is 1. The van der Waals surface area contributed by atoms with Crippen LogP contribution in [-0.2, 0) is 9.53 Å². The second-order valence-corrected chi connectivity index (χ2v) is 2.48. The molecule has 0 unspecified atom stereocenters. The maximum atomic E-state index is 11.3. The molecule has 0 radical (unpaired) electrons. The predicted molar refractivity (Wildman–Crippen MR) is 44.4 cm³/mol. The number of ether oxygens (including phenoxy) is 1. The van der Waals surface area contributed by atoms with Crippen LogP contribution in [0.2, 0.25) is 0 Å². The van der Waals surface area contributed by atoms with Crippen LogP contribution < -0.4 is 5.32 Å². The normalized spacial score (nSPS) is 11.3. The molecular weight excluding hydrogens is 142 g/mol. The van der Waals surface area contributed by atoms with E-state index in [0.717, 1.165) is 0 Å². The lowest BCUT2D eigenvalue weighted by Crippen LogP contribution is -2.46. The zero-order valence-corrected chi connectivity index (χ0v) is 7.73. The summed E-state index contributed by atoms with van der Waals surface area (Å²) in [7, 11) is 3.20. The van der Waals surface area contributed by atoms with Gasteiger partial charge in [-0.3, -0.25) is 4.79 Å². The van der Waals surface area contributed by atoms with Gasteiger partial charge < -0.3 is 10.1 Å². The molecule has 0 aliphatic heterocycles. The SMILES string of the molecule is CCC(CC)(OC)C(=O)NC. The van der Waals surface area contributed by atoms with Crippen molar-refractivity contribution in [2.45, 2.75) is 32.3 Å². The summed E-state index contributed by atoms with van der Waals surface area (Å²) in [6.07, 6.45) is 1.42. The number of amides is 1. The highest BCUT2D eigenvalue weighted by Gasteiger charge is 2.33. The Morgan fingerprint density at radius 3 is 2.00 bits per heavy atom. The van der Waals surface area contributed by atoms with Crippen LogP contribution in [0.3, 0.4) is 0 Å². The van der Waals surface area contributed by atoms with Gasteiger partial charge in [0.15, 0.2) is 0 Å². The number of carbonyl (C=O) groups is 1. The first-order valence-corrected chi connectivity index (χ1v) is 3.94. The van der Waals surface area contributed by atoms with Gasteiger partial charge in [-0.05, 0) is 12.8 Å². The summed E-state index contributed by atoms with van der Waals surface area (Å²) in [5, 5.41) is 2.59. The molecule has 1 amide bonds. The molecule has 0 aromatic rings. The Bertz CT molecular complexity index is 122. The van der Waals surface area contributed by atoms with Gasteiger partial charge in [-0.2, -0.15) is 0 Å². The van der Waals surface area contributed by atoms with Crippen molar-refractivity contribution in [2.24, 2.45) is 0 Å². The van der Waals surface area contributed by atoms with Crippen LogP contribution >= 0.6 is 0 Å². The number of hydrogen-bond donors (Lipinski definition) is 1. The number of methoxy groups -OCH3 is 1. The predicted octanol–water partition coefficient (Wildman–Crippen LogP) is 0.938. The Morgan fingerprint density at radius 1 is 1.45 bits per heavy atom. The molecule has 0 saturated carbocycles. The molecule has 0 rings (SSSR count). The second-order valence-electron chi connectivity index (χ2n) is 2.48. The Kier molecular flexibility index (Phi) is 4.11. The van der Waals surface area contributed by atoms with Crippen molar-refractivity contribution < 1.29 is 9.53 Å². The van der Waals surface area contributed by atoms with E-state index in [1.165, 1.54) is 0 Å². The largest absolute Gasteiger partial charge is 0.368 e. The van der Waals surface area contributed by atoms with E-state index >= 15 is 0 Å². The van der Waals surface area contributed by atoms with Gasteiger partial charge in [0, 0.05) is 14.2 Å². The van der Waals surface area contributed by atoms with E-state index in [-0.39, 0.29) is 5.91 Å². The minimum atomic E-state index is -0.616. The molecule has 11 heavy (non-hydrogen) atoms. The highest BCUT2D eigenvalue weighted by molar-refractivity contribution is 5.84. The fourth-order valence-corrected chi connectivity index (χ4v) is 1.18. The van der Waals surface area contributed by atoms with Crippen molar-refractivity contribution in [1.82, 2.24) is 5.32 Å². The van der Waals surface area contributed by atoms with E-state index in [9.17, 15) is 4.79 Å². The third kappa shape index (κ3) is 1.93. The third-order valence-electron chi connectivity index (χ3n) is 2.17. The summed E-state index contributed by atoms with van der Waals surface area (Å²) >= 11 is 0. The van der Waals surface area contributed by atoms with Crippen molar-refractivity contribution in [1.29, 1.82) is 0 Å². The molecule has 66 valence electrons. The van der Waals surface area contributed by atoms with E-state index in [0.29, 0.717) is 12.8 Å². The molecule has 0 fully saturated rings. The maximum absolute atomic E-state index is 11.3. The first kappa shape index (κ1) is 10.4. The number of likely N-dealkylation sites (N-methyl/N-ethyl adjacent to an activating group) is 1. The van der Waals surface area contributed by atoms with Crippen LogP contribution in [0.25, 0.3) is 0 Å². The average Bonchev–Trinajstić information content (AvgIpc) is 2.08. The monoisotopic (exact) mass is 159 g/mol. The highest BCUT2D eigenvalue weighted by atomic mass is 16.5. The third-order valence-corrected chi connectivity index (χ3v) is 2.17. The second kappa shape index (κ2) is 4.34. The molecule has 1 N–H and O–H groups in total. The molecule has 3 heteroatoms. The van der Waals surface area contributed by atoms with Gasteiger partial charge in [-0.1, -0.05) is 13.8 Å². The molecule has 0 saturated heterocycles. The van der Waals surface area contributed by atoms with Crippen LogP contribution in [0.1, 0.15) is 26.7 Å². The molecule has 0 aromatic carbocycles. The Morgan fingerprint density at radius 2 is 1.91 bits per heavy atom. The Balaban J connectivity index is 4.39. The lowest BCUT2D eigenvalue weighted by Gasteiger charge is -2.27. The van der Waals surface area contributed by atoms with Gasteiger partial charge in [-0.25, -0.2) is 0 Å². The average molecular weight is 159 g/mol. The van der Waals surface area contributed by atoms with Gasteiger partial charge in [0.1, 0.15) is 5.60 Å². The van der Waals surface area contributed by atoms with Crippen molar-refractivity contribution >= 4 is 5.91 Å². The van der Waals surface area contributed by atoms with Gasteiger partial charge in [0.25, 0.3) is 5.91 Å². The summed E-state index contributed by atoms with van der Waals surface area (Å²) in [5.41, 5.74) is -0.616. The van der Waals surface area contributed by atoms with Gasteiger partial charge in [0.2, 0.25) is 0 Å².